The lowest BCUT2D eigenvalue weighted by molar-refractivity contribution is -0.0286. The summed E-state index contributed by atoms with van der Waals surface area (Å²) >= 11 is 0. The van der Waals surface area contributed by atoms with Gasteiger partial charge >= 0.3 is 0 Å². The topological polar surface area (TPSA) is 81.3 Å². The van der Waals surface area contributed by atoms with Crippen LogP contribution in [-0.4, -0.2) is 33.8 Å². The van der Waals surface area contributed by atoms with E-state index in [0.29, 0.717) is 18.1 Å². The normalized spacial score (nSPS) is 35.9. The molecule has 98 valence electrons. The van der Waals surface area contributed by atoms with Gasteiger partial charge in [-0.05, 0) is 32.3 Å². The minimum atomic E-state index is -0.667. The summed E-state index contributed by atoms with van der Waals surface area (Å²) in [5.74, 6) is 0.669. The van der Waals surface area contributed by atoms with E-state index in [-0.39, 0.29) is 17.6 Å². The van der Waals surface area contributed by atoms with Crippen molar-refractivity contribution in [2.75, 3.05) is 6.54 Å². The molecule has 0 radical (unpaired) electrons. The van der Waals surface area contributed by atoms with E-state index >= 15 is 0 Å². The molecule has 2 fully saturated rings. The summed E-state index contributed by atoms with van der Waals surface area (Å²) in [6.45, 7) is 2.25. The molecule has 3 heterocycles. The van der Waals surface area contributed by atoms with Crippen molar-refractivity contribution in [2.24, 2.45) is 11.1 Å². The zero-order valence-electron chi connectivity index (χ0n) is 10.5. The summed E-state index contributed by atoms with van der Waals surface area (Å²) < 4.78 is 5.87. The summed E-state index contributed by atoms with van der Waals surface area (Å²) in [5.41, 5.74) is 6.23. The molecule has 3 N–H and O–H groups in total. The SMILES string of the molecule is Cc1nccc(C(O)C2(CN)CC3CCC2O3)n1. The summed E-state index contributed by atoms with van der Waals surface area (Å²) in [5, 5.41) is 10.7. The molecular formula is C13H19N3O2. The molecule has 1 aromatic rings. The summed E-state index contributed by atoms with van der Waals surface area (Å²) in [4.78, 5) is 8.38. The summed E-state index contributed by atoms with van der Waals surface area (Å²) in [6.07, 6.45) is 4.25. The van der Waals surface area contributed by atoms with Crippen LogP contribution in [0.4, 0.5) is 0 Å². The smallest absolute Gasteiger partial charge is 0.125 e. The van der Waals surface area contributed by atoms with E-state index in [1.165, 1.54) is 0 Å². The van der Waals surface area contributed by atoms with Crippen LogP contribution in [0.1, 0.15) is 36.9 Å². The van der Waals surface area contributed by atoms with E-state index in [1.54, 1.807) is 12.3 Å². The molecule has 0 amide bonds. The molecule has 1 aromatic heterocycles. The van der Waals surface area contributed by atoms with E-state index in [1.807, 2.05) is 6.92 Å². The number of fused-ring (bicyclic) bond motifs is 2. The van der Waals surface area contributed by atoms with Gasteiger partial charge in [0.1, 0.15) is 11.9 Å². The van der Waals surface area contributed by atoms with Gasteiger partial charge in [0.25, 0.3) is 0 Å². The second kappa shape index (κ2) is 4.26. The van der Waals surface area contributed by atoms with Crippen LogP contribution >= 0.6 is 0 Å². The standard InChI is InChI=1S/C13H19N3O2/c1-8-15-5-4-10(16-8)12(17)13(7-14)6-9-2-3-11(13)18-9/h4-5,9,11-12,17H,2-3,6-7,14H2,1H3. The predicted molar refractivity (Wildman–Crippen MR) is 65.7 cm³/mol. The zero-order valence-corrected chi connectivity index (χ0v) is 10.5. The molecule has 3 rings (SSSR count). The number of aryl methyl sites for hydroxylation is 1. The van der Waals surface area contributed by atoms with E-state index in [0.717, 1.165) is 19.3 Å². The van der Waals surface area contributed by atoms with Gasteiger partial charge < -0.3 is 15.6 Å². The number of hydrogen-bond donors (Lipinski definition) is 2. The average molecular weight is 249 g/mol. The highest BCUT2D eigenvalue weighted by Crippen LogP contribution is 2.53. The maximum atomic E-state index is 10.7. The Morgan fingerprint density at radius 2 is 2.44 bits per heavy atom. The zero-order chi connectivity index (χ0) is 12.8. The lowest BCUT2D eigenvalue weighted by atomic mass is 9.69. The van der Waals surface area contributed by atoms with Gasteiger partial charge in [0.2, 0.25) is 0 Å². The molecule has 4 atom stereocenters. The number of rotatable bonds is 3. The van der Waals surface area contributed by atoms with Gasteiger partial charge in [-0.25, -0.2) is 9.97 Å². The van der Waals surface area contributed by atoms with Crippen LogP contribution in [0.15, 0.2) is 12.3 Å². The first-order valence-corrected chi connectivity index (χ1v) is 6.49. The molecule has 5 heteroatoms. The Labute approximate surface area is 106 Å². The fourth-order valence-electron chi connectivity index (χ4n) is 3.37. The number of nitrogens with two attached hydrogens (primary N) is 1. The highest BCUT2D eigenvalue weighted by atomic mass is 16.5. The quantitative estimate of drug-likeness (QED) is 0.824. The lowest BCUT2D eigenvalue weighted by Crippen LogP contribution is -2.44. The maximum absolute atomic E-state index is 10.7. The van der Waals surface area contributed by atoms with Crippen LogP contribution in [0.25, 0.3) is 0 Å². The van der Waals surface area contributed by atoms with E-state index in [2.05, 4.69) is 9.97 Å². The number of aromatic nitrogens is 2. The van der Waals surface area contributed by atoms with Gasteiger partial charge in [0.15, 0.2) is 0 Å². The van der Waals surface area contributed by atoms with Gasteiger partial charge in [0, 0.05) is 18.2 Å². The van der Waals surface area contributed by atoms with Crippen molar-refractivity contribution in [3.63, 3.8) is 0 Å². The predicted octanol–water partition coefficient (Wildman–Crippen LogP) is 0.715. The minimum Gasteiger partial charge on any atom is -0.386 e. The van der Waals surface area contributed by atoms with Gasteiger partial charge in [-0.15, -0.1) is 0 Å². The van der Waals surface area contributed by atoms with Crippen LogP contribution in [0.5, 0.6) is 0 Å². The largest absolute Gasteiger partial charge is 0.386 e. The first kappa shape index (κ1) is 12.0. The molecule has 0 aliphatic carbocycles. The molecule has 0 spiro atoms. The molecular weight excluding hydrogens is 230 g/mol. The fourth-order valence-corrected chi connectivity index (χ4v) is 3.37. The Bertz CT molecular complexity index is 454. The van der Waals surface area contributed by atoms with E-state index < -0.39 is 6.10 Å². The highest BCUT2D eigenvalue weighted by molar-refractivity contribution is 5.15. The van der Waals surface area contributed by atoms with E-state index in [9.17, 15) is 5.11 Å². The molecule has 0 aromatic carbocycles. The number of aliphatic hydroxyl groups is 1. The van der Waals surface area contributed by atoms with Gasteiger partial charge in [-0.3, -0.25) is 0 Å². The van der Waals surface area contributed by atoms with E-state index in [4.69, 9.17) is 10.5 Å². The molecule has 0 saturated carbocycles. The summed E-state index contributed by atoms with van der Waals surface area (Å²) in [6, 6.07) is 1.76. The summed E-state index contributed by atoms with van der Waals surface area (Å²) in [7, 11) is 0. The Kier molecular flexibility index (Phi) is 2.84. The van der Waals surface area contributed by atoms with Gasteiger partial charge in [-0.2, -0.15) is 0 Å². The van der Waals surface area contributed by atoms with Crippen molar-refractivity contribution in [3.05, 3.63) is 23.8 Å². The Hall–Kier alpha value is -1.04. The molecule has 2 saturated heterocycles. The molecule has 2 bridgehead atoms. The van der Waals surface area contributed by atoms with Gasteiger partial charge in [-0.1, -0.05) is 0 Å². The second-order valence-electron chi connectivity index (χ2n) is 5.40. The van der Waals surface area contributed by atoms with Crippen molar-refractivity contribution >= 4 is 0 Å². The Morgan fingerprint density at radius 3 is 3.00 bits per heavy atom. The maximum Gasteiger partial charge on any atom is 0.125 e. The minimum absolute atomic E-state index is 0.0674. The third-order valence-electron chi connectivity index (χ3n) is 4.36. The van der Waals surface area contributed by atoms with Crippen molar-refractivity contribution in [1.82, 2.24) is 9.97 Å². The Balaban J connectivity index is 1.93. The van der Waals surface area contributed by atoms with Crippen LogP contribution in [0.3, 0.4) is 0 Å². The van der Waals surface area contributed by atoms with Crippen LogP contribution < -0.4 is 5.73 Å². The molecule has 2 aliphatic rings. The third-order valence-corrected chi connectivity index (χ3v) is 4.36. The first-order chi connectivity index (χ1) is 8.65. The molecule has 18 heavy (non-hydrogen) atoms. The van der Waals surface area contributed by atoms with Crippen molar-refractivity contribution in [1.29, 1.82) is 0 Å². The molecule has 2 aliphatic heterocycles. The second-order valence-corrected chi connectivity index (χ2v) is 5.40. The highest BCUT2D eigenvalue weighted by Gasteiger charge is 2.56. The number of nitrogens with zero attached hydrogens (tertiary/aromatic N) is 2. The Morgan fingerprint density at radius 1 is 1.61 bits per heavy atom. The van der Waals surface area contributed by atoms with Crippen molar-refractivity contribution < 1.29 is 9.84 Å². The number of aliphatic hydroxyl groups excluding tert-OH is 1. The first-order valence-electron chi connectivity index (χ1n) is 6.49. The van der Waals surface area contributed by atoms with Crippen LogP contribution in [0.2, 0.25) is 0 Å². The van der Waals surface area contributed by atoms with Crippen molar-refractivity contribution in [3.8, 4) is 0 Å². The average Bonchev–Trinajstić information content (AvgIpc) is 2.98. The van der Waals surface area contributed by atoms with Crippen molar-refractivity contribution in [2.45, 2.75) is 44.5 Å². The third kappa shape index (κ3) is 1.66. The monoisotopic (exact) mass is 249 g/mol. The number of hydrogen-bond acceptors (Lipinski definition) is 5. The van der Waals surface area contributed by atoms with Gasteiger partial charge in [0.05, 0.1) is 17.9 Å². The fraction of sp³-hybridized carbons (Fsp3) is 0.692. The molecule has 4 unspecified atom stereocenters. The number of ether oxygens (including phenoxy) is 1. The van der Waals surface area contributed by atoms with Crippen LogP contribution in [-0.2, 0) is 4.74 Å². The van der Waals surface area contributed by atoms with Crippen LogP contribution in [0, 0.1) is 12.3 Å². The lowest BCUT2D eigenvalue weighted by Gasteiger charge is -2.38. The molecule has 5 nitrogen and oxygen atoms in total.